The van der Waals surface area contributed by atoms with Crippen LogP contribution in [0.5, 0.6) is 0 Å². The Morgan fingerprint density at radius 3 is 2.29 bits per heavy atom. The van der Waals surface area contributed by atoms with Crippen molar-refractivity contribution in [2.75, 3.05) is 13.1 Å². The lowest BCUT2D eigenvalue weighted by atomic mass is 9.32. The monoisotopic (exact) mass is 718 g/mol. The molecule has 0 saturated heterocycles. The molecular weight excluding hydrogens is 665 g/mol. The van der Waals surface area contributed by atoms with Crippen molar-refractivity contribution in [3.63, 3.8) is 0 Å². The molecule has 7 heteroatoms. The van der Waals surface area contributed by atoms with Crippen molar-refractivity contribution in [1.82, 2.24) is 10.2 Å². The van der Waals surface area contributed by atoms with Crippen LogP contribution in [0.25, 0.3) is 11.1 Å². The Labute approximate surface area is 313 Å². The summed E-state index contributed by atoms with van der Waals surface area (Å²) in [5.74, 6) is 0.293. The number of aliphatic hydroxyl groups is 2. The number of Topliss-reactive ketones (excluding diaryl/α,β-unsaturated/α-hetero) is 1. The van der Waals surface area contributed by atoms with E-state index in [-0.39, 0.29) is 47.1 Å². The Kier molecular flexibility index (Phi) is 8.75. The molecule has 0 radical (unpaired) electrons. The molecule has 2 aromatic carbocycles. The fourth-order valence-corrected chi connectivity index (χ4v) is 12.5. The molecule has 52 heavy (non-hydrogen) atoms. The average molecular weight is 719 g/mol. The number of hydrogen-bond acceptors (Lipinski definition) is 5. The molecule has 9 rings (SSSR count). The Balaban J connectivity index is 1.18. The van der Waals surface area contributed by atoms with Crippen LogP contribution in [-0.2, 0) is 6.42 Å². The highest BCUT2D eigenvalue weighted by atomic mass is 32.1. The summed E-state index contributed by atoms with van der Waals surface area (Å²) in [6.07, 6.45) is 12.7. The topological polar surface area (TPSA) is 89.9 Å². The van der Waals surface area contributed by atoms with Crippen molar-refractivity contribution in [2.45, 2.75) is 96.8 Å². The number of thiophene rings is 1. The highest BCUT2D eigenvalue weighted by Crippen LogP contribution is 2.78. The van der Waals surface area contributed by atoms with Gasteiger partial charge in [-0.25, -0.2) is 4.79 Å². The molecule has 6 aliphatic carbocycles. The summed E-state index contributed by atoms with van der Waals surface area (Å²) in [6, 6.07) is 22.3. The molecule has 6 nitrogen and oxygen atoms in total. The summed E-state index contributed by atoms with van der Waals surface area (Å²) in [5.41, 5.74) is 1.05. The van der Waals surface area contributed by atoms with Gasteiger partial charge >= 0.3 is 6.03 Å². The van der Waals surface area contributed by atoms with Gasteiger partial charge in [-0.15, -0.1) is 11.3 Å². The van der Waals surface area contributed by atoms with Gasteiger partial charge in [0.15, 0.2) is 5.78 Å². The van der Waals surface area contributed by atoms with Gasteiger partial charge in [0.2, 0.25) is 0 Å². The Morgan fingerprint density at radius 2 is 1.58 bits per heavy atom. The number of urea groups is 1. The molecule has 3 saturated carbocycles. The molecule has 8 atom stereocenters. The van der Waals surface area contributed by atoms with Crippen LogP contribution in [0.4, 0.5) is 4.79 Å². The zero-order valence-corrected chi connectivity index (χ0v) is 31.9. The Hall–Kier alpha value is -3.52. The lowest BCUT2D eigenvalue weighted by Gasteiger charge is -2.71. The maximum Gasteiger partial charge on any atom is 0.317 e. The van der Waals surface area contributed by atoms with Gasteiger partial charge < -0.3 is 20.4 Å². The van der Waals surface area contributed by atoms with Gasteiger partial charge in [-0.1, -0.05) is 92.7 Å². The van der Waals surface area contributed by atoms with Crippen LogP contribution in [0.15, 0.2) is 95.9 Å². The fraction of sp³-hybridized carbons (Fsp3) is 0.511. The number of carbonyl (C=O) groups excluding carboxylic acids is 2. The molecule has 3 N–H and O–H groups in total. The number of amides is 2. The predicted octanol–water partition coefficient (Wildman–Crippen LogP) is 8.85. The molecule has 6 aliphatic rings. The first-order chi connectivity index (χ1) is 24.8. The third-order valence-electron chi connectivity index (χ3n) is 14.6. The summed E-state index contributed by atoms with van der Waals surface area (Å²) >= 11 is 1.70. The van der Waals surface area contributed by atoms with E-state index in [9.17, 15) is 15.0 Å². The lowest BCUT2D eigenvalue weighted by molar-refractivity contribution is -0.174. The van der Waals surface area contributed by atoms with Gasteiger partial charge in [0, 0.05) is 44.8 Å². The van der Waals surface area contributed by atoms with Crippen LogP contribution in [0.2, 0.25) is 0 Å². The van der Waals surface area contributed by atoms with Crippen LogP contribution < -0.4 is 5.32 Å². The minimum atomic E-state index is -1.11. The normalized spacial score (nSPS) is 35.8. The Bertz CT molecular complexity index is 1890. The number of allylic oxidation sites excluding steroid dienone is 4. The molecule has 2 amide bonds. The van der Waals surface area contributed by atoms with E-state index in [1.807, 2.05) is 67.3 Å². The third-order valence-corrected chi connectivity index (χ3v) is 15.5. The first-order valence-electron chi connectivity index (χ1n) is 19.5. The van der Waals surface area contributed by atoms with Crippen molar-refractivity contribution >= 4 is 23.2 Å². The summed E-state index contributed by atoms with van der Waals surface area (Å²) in [7, 11) is 0. The lowest BCUT2D eigenvalue weighted by Crippen LogP contribution is -2.67. The number of ketones is 1. The maximum atomic E-state index is 15.1. The number of nitrogens with zero attached hydrogens (tertiary/aromatic N) is 1. The molecule has 274 valence electrons. The highest BCUT2D eigenvalue weighted by Gasteiger charge is 2.74. The first kappa shape index (κ1) is 35.5. The highest BCUT2D eigenvalue weighted by molar-refractivity contribution is 7.09. The predicted molar refractivity (Wildman–Crippen MR) is 208 cm³/mol. The number of fused-ring (bicyclic) bond motifs is 1. The van der Waals surface area contributed by atoms with Gasteiger partial charge in [0.25, 0.3) is 0 Å². The quantitative estimate of drug-likeness (QED) is 0.152. The second kappa shape index (κ2) is 12.8. The second-order valence-corrected chi connectivity index (χ2v) is 18.5. The number of rotatable bonds is 9. The molecule has 3 fully saturated rings. The minimum Gasteiger partial charge on any atom is -0.393 e. The van der Waals surface area contributed by atoms with Crippen LogP contribution in [0, 0.1) is 33.5 Å². The molecule has 2 bridgehead atoms. The Morgan fingerprint density at radius 1 is 0.885 bits per heavy atom. The second-order valence-electron chi connectivity index (χ2n) is 17.4. The molecule has 8 unspecified atom stereocenters. The van der Waals surface area contributed by atoms with Gasteiger partial charge in [-0.05, 0) is 105 Å². The van der Waals surface area contributed by atoms with Gasteiger partial charge in [0.1, 0.15) is 0 Å². The zero-order valence-electron chi connectivity index (χ0n) is 31.1. The maximum absolute atomic E-state index is 15.1. The smallest absolute Gasteiger partial charge is 0.317 e. The van der Waals surface area contributed by atoms with Crippen molar-refractivity contribution < 1.29 is 19.8 Å². The van der Waals surface area contributed by atoms with E-state index >= 15 is 4.79 Å². The third kappa shape index (κ3) is 5.32. The van der Waals surface area contributed by atoms with Crippen molar-refractivity contribution in [1.29, 1.82) is 0 Å². The fourth-order valence-electron chi connectivity index (χ4n) is 11.8. The number of benzene rings is 2. The van der Waals surface area contributed by atoms with Crippen LogP contribution >= 0.6 is 11.3 Å². The van der Waals surface area contributed by atoms with Gasteiger partial charge in [-0.2, -0.15) is 0 Å². The summed E-state index contributed by atoms with van der Waals surface area (Å²) in [6.45, 7) is 9.40. The molecular formula is C45H54N2O4S. The molecule has 1 aromatic heterocycles. The van der Waals surface area contributed by atoms with E-state index in [2.05, 4.69) is 61.0 Å². The number of hydrogen-bond donors (Lipinski definition) is 3. The van der Waals surface area contributed by atoms with E-state index in [0.29, 0.717) is 24.9 Å². The summed E-state index contributed by atoms with van der Waals surface area (Å²) in [4.78, 5) is 31.9. The van der Waals surface area contributed by atoms with Crippen molar-refractivity contribution in [3.05, 3.63) is 106 Å². The van der Waals surface area contributed by atoms with Crippen LogP contribution in [-0.4, -0.2) is 57.8 Å². The van der Waals surface area contributed by atoms with E-state index in [1.165, 1.54) is 4.88 Å². The molecule has 2 spiro atoms. The number of aliphatic hydroxyl groups excluding tert-OH is 1. The standard InChI is InChI=1S/C45H54N2O4S/c1-30(2)46-40(50)47(25-19-35-11-8-26-52-35)29-44(51)22-18-38-42(44,4)21-17-37-41(3)20-16-34(48)27-43(41)23-24-45(37,38)36(28-43)39(49)33-14-12-32(13-15-33)31-9-6-5-7-10-31/h5-15,23-24,26,28,30,34,37-38,48,51H,16-22,25,27,29H2,1-4H3,(H,46,50). The van der Waals surface area contributed by atoms with E-state index in [4.69, 9.17) is 0 Å². The molecule has 1 heterocycles. The summed E-state index contributed by atoms with van der Waals surface area (Å²) in [5, 5.41) is 29.3. The zero-order chi connectivity index (χ0) is 36.5. The number of carbonyl (C=O) groups is 2. The van der Waals surface area contributed by atoms with Gasteiger partial charge in [0.05, 0.1) is 18.2 Å². The van der Waals surface area contributed by atoms with Crippen LogP contribution in [0.1, 0.15) is 87.9 Å². The van der Waals surface area contributed by atoms with Crippen LogP contribution in [0.3, 0.4) is 0 Å². The average Bonchev–Trinajstić information content (AvgIpc) is 3.75. The van der Waals surface area contributed by atoms with E-state index in [0.717, 1.165) is 55.2 Å². The summed E-state index contributed by atoms with van der Waals surface area (Å²) < 4.78 is 0. The first-order valence-corrected chi connectivity index (χ1v) is 20.3. The van der Waals surface area contributed by atoms with E-state index in [1.54, 1.807) is 11.3 Å². The number of nitrogens with one attached hydrogen (secondary N) is 1. The molecule has 3 aromatic rings. The minimum absolute atomic E-state index is 0.0160. The molecule has 0 aliphatic heterocycles. The van der Waals surface area contributed by atoms with Crippen molar-refractivity contribution in [2.24, 2.45) is 33.5 Å². The largest absolute Gasteiger partial charge is 0.393 e. The SMILES string of the molecule is CC(C)NC(=O)N(CCc1cccs1)CC1(O)CCC2C34C=CC5(C=C3C(=O)c3ccc(-c6ccccc6)cc3)CC(O)CCC5(C)C4CCC21C. The van der Waals surface area contributed by atoms with E-state index < -0.39 is 22.5 Å². The van der Waals surface area contributed by atoms with Gasteiger partial charge in [-0.3, -0.25) is 4.79 Å². The van der Waals surface area contributed by atoms with Crippen molar-refractivity contribution in [3.8, 4) is 11.1 Å².